The normalized spacial score (nSPS) is 28.7. The number of benzene rings is 1. The lowest BCUT2D eigenvalue weighted by molar-refractivity contribution is 0.309. The molecule has 0 unspecified atom stereocenters. The van der Waals surface area contributed by atoms with Crippen molar-refractivity contribution in [3.8, 4) is 6.19 Å². The predicted molar refractivity (Wildman–Crippen MR) is 109 cm³/mol. The molecule has 3 aliphatic rings. The molecule has 3 saturated heterocycles. The Labute approximate surface area is 167 Å². The summed E-state index contributed by atoms with van der Waals surface area (Å²) >= 11 is 0. The predicted octanol–water partition coefficient (Wildman–Crippen LogP) is 0.607. The number of piperazine rings is 1. The van der Waals surface area contributed by atoms with Crippen molar-refractivity contribution in [3.63, 3.8) is 0 Å². The Hall–Kier alpha value is -2.02. The fourth-order valence-corrected chi connectivity index (χ4v) is 6.34. The van der Waals surface area contributed by atoms with Gasteiger partial charge in [0.1, 0.15) is 0 Å². The highest BCUT2D eigenvalue weighted by Gasteiger charge is 2.45. The molecule has 0 aromatic heterocycles. The van der Waals surface area contributed by atoms with Crippen LogP contribution in [0.3, 0.4) is 0 Å². The first-order valence-corrected chi connectivity index (χ1v) is 11.3. The molecule has 1 aromatic carbocycles. The maximum atomic E-state index is 13.3. The molecular formula is C19H28N6O2S. The maximum absolute atomic E-state index is 13.3. The lowest BCUT2D eigenvalue weighted by atomic mass is 10.1. The Morgan fingerprint density at radius 2 is 1.75 bits per heavy atom. The number of likely N-dealkylation sites (N-methyl/N-ethyl adjacent to an activating group) is 1. The van der Waals surface area contributed by atoms with Crippen LogP contribution >= 0.6 is 0 Å². The van der Waals surface area contributed by atoms with Gasteiger partial charge >= 0.3 is 10.2 Å². The van der Waals surface area contributed by atoms with Crippen molar-refractivity contribution in [2.45, 2.75) is 13.0 Å². The second-order valence-electron chi connectivity index (χ2n) is 8.05. The van der Waals surface area contributed by atoms with Gasteiger partial charge in [0.2, 0.25) is 0 Å². The number of likely N-dealkylation sites (tertiary alicyclic amines) is 1. The molecule has 0 radical (unpaired) electrons. The third-order valence-corrected chi connectivity index (χ3v) is 8.16. The molecule has 0 N–H and O–H groups in total. The lowest BCUT2D eigenvalue weighted by Crippen LogP contribution is -2.44. The van der Waals surface area contributed by atoms with Crippen LogP contribution in [-0.2, 0) is 10.2 Å². The SMILES string of the molecule is C[C@H]1CN(C#N)C[C@@H]1N1CCN(c2cccc(N3CCN(C)CC3)c2)S1(=O)=O. The molecule has 1 aromatic rings. The minimum atomic E-state index is -3.58. The summed E-state index contributed by atoms with van der Waals surface area (Å²) in [6, 6.07) is 7.72. The molecule has 2 atom stereocenters. The standard InChI is InChI=1S/C19H28N6O2S/c1-16-13-22(15-20)14-19(16)25-11-10-24(28(25,26)27)18-5-3-4-17(12-18)23-8-6-21(2)7-9-23/h3-5,12,16,19H,6-11,13-14H2,1-2H3/t16-,19-/m0/s1. The summed E-state index contributed by atoms with van der Waals surface area (Å²) in [6.07, 6.45) is 2.15. The molecule has 0 spiro atoms. The summed E-state index contributed by atoms with van der Waals surface area (Å²) in [4.78, 5) is 6.27. The number of hydrogen-bond acceptors (Lipinski definition) is 6. The van der Waals surface area contributed by atoms with Gasteiger partial charge in [0, 0.05) is 64.1 Å². The molecule has 0 saturated carbocycles. The fraction of sp³-hybridized carbons (Fsp3) is 0.632. The molecule has 3 aliphatic heterocycles. The van der Waals surface area contributed by atoms with E-state index in [4.69, 9.17) is 5.26 Å². The Bertz CT molecular complexity index is 861. The van der Waals surface area contributed by atoms with Crippen LogP contribution in [0.25, 0.3) is 0 Å². The van der Waals surface area contributed by atoms with Gasteiger partial charge in [-0.2, -0.15) is 18.0 Å². The van der Waals surface area contributed by atoms with Gasteiger partial charge in [-0.05, 0) is 31.2 Å². The van der Waals surface area contributed by atoms with E-state index in [2.05, 4.69) is 29.1 Å². The fourth-order valence-electron chi connectivity index (χ4n) is 4.46. The molecule has 9 heteroatoms. The van der Waals surface area contributed by atoms with Crippen molar-refractivity contribution in [1.29, 1.82) is 5.26 Å². The van der Waals surface area contributed by atoms with Crippen LogP contribution in [0.5, 0.6) is 0 Å². The molecule has 28 heavy (non-hydrogen) atoms. The van der Waals surface area contributed by atoms with Gasteiger partial charge in [0.25, 0.3) is 0 Å². The average molecular weight is 405 g/mol. The smallest absolute Gasteiger partial charge is 0.304 e. The van der Waals surface area contributed by atoms with E-state index < -0.39 is 10.2 Å². The lowest BCUT2D eigenvalue weighted by Gasteiger charge is -2.34. The van der Waals surface area contributed by atoms with E-state index in [0.717, 1.165) is 37.6 Å². The molecule has 8 nitrogen and oxygen atoms in total. The second kappa shape index (κ2) is 7.43. The molecule has 0 aliphatic carbocycles. The van der Waals surface area contributed by atoms with Gasteiger partial charge in [-0.25, -0.2) is 0 Å². The van der Waals surface area contributed by atoms with Gasteiger partial charge in [0.05, 0.1) is 5.69 Å². The highest BCUT2D eigenvalue weighted by molar-refractivity contribution is 7.90. The summed E-state index contributed by atoms with van der Waals surface area (Å²) in [7, 11) is -1.46. The van der Waals surface area contributed by atoms with Gasteiger partial charge < -0.3 is 14.7 Å². The van der Waals surface area contributed by atoms with Crippen LogP contribution in [-0.4, -0.2) is 88.0 Å². The number of rotatable bonds is 3. The topological polar surface area (TPSA) is 74.1 Å². The number of nitrogens with zero attached hydrogens (tertiary/aromatic N) is 6. The quantitative estimate of drug-likeness (QED) is 0.687. The van der Waals surface area contributed by atoms with Crippen molar-refractivity contribution < 1.29 is 8.42 Å². The second-order valence-corrected chi connectivity index (χ2v) is 9.86. The molecule has 0 bridgehead atoms. The van der Waals surface area contributed by atoms with Gasteiger partial charge in [-0.1, -0.05) is 13.0 Å². The number of hydrogen-bond donors (Lipinski definition) is 0. The van der Waals surface area contributed by atoms with Crippen LogP contribution in [0.4, 0.5) is 11.4 Å². The van der Waals surface area contributed by atoms with E-state index in [1.165, 1.54) is 4.31 Å². The van der Waals surface area contributed by atoms with Crippen LogP contribution in [0, 0.1) is 17.4 Å². The van der Waals surface area contributed by atoms with Crippen molar-refractivity contribution in [3.05, 3.63) is 24.3 Å². The number of anilines is 2. The van der Waals surface area contributed by atoms with Crippen LogP contribution in [0.2, 0.25) is 0 Å². The zero-order valence-corrected chi connectivity index (χ0v) is 17.3. The third kappa shape index (κ3) is 3.41. The monoisotopic (exact) mass is 404 g/mol. The Morgan fingerprint density at radius 3 is 2.43 bits per heavy atom. The molecule has 4 rings (SSSR count). The van der Waals surface area contributed by atoms with E-state index in [0.29, 0.717) is 26.2 Å². The molecular weight excluding hydrogens is 376 g/mol. The molecule has 152 valence electrons. The highest BCUT2D eigenvalue weighted by atomic mass is 32.2. The zero-order chi connectivity index (χ0) is 19.9. The average Bonchev–Trinajstić information content (AvgIpc) is 3.20. The summed E-state index contributed by atoms with van der Waals surface area (Å²) in [5.41, 5.74) is 1.80. The molecule has 3 heterocycles. The van der Waals surface area contributed by atoms with Crippen molar-refractivity contribution in [1.82, 2.24) is 14.1 Å². The zero-order valence-electron chi connectivity index (χ0n) is 16.5. The number of nitriles is 1. The Kier molecular flexibility index (Phi) is 5.12. The van der Waals surface area contributed by atoms with E-state index in [1.807, 2.05) is 25.1 Å². The van der Waals surface area contributed by atoms with Crippen molar-refractivity contribution >= 4 is 21.6 Å². The molecule has 3 fully saturated rings. The van der Waals surface area contributed by atoms with Crippen LogP contribution in [0.1, 0.15) is 6.92 Å². The summed E-state index contributed by atoms with van der Waals surface area (Å²) in [5.74, 6) is 0.144. The Balaban J connectivity index is 1.54. The van der Waals surface area contributed by atoms with E-state index in [1.54, 1.807) is 9.21 Å². The first-order chi connectivity index (χ1) is 13.4. The van der Waals surface area contributed by atoms with E-state index in [-0.39, 0.29) is 12.0 Å². The van der Waals surface area contributed by atoms with Gasteiger partial charge in [-0.15, -0.1) is 0 Å². The first-order valence-electron chi connectivity index (χ1n) is 9.88. The molecule has 0 amide bonds. The largest absolute Gasteiger partial charge is 0.369 e. The minimum Gasteiger partial charge on any atom is -0.369 e. The van der Waals surface area contributed by atoms with E-state index >= 15 is 0 Å². The summed E-state index contributed by atoms with van der Waals surface area (Å²) in [5, 5.41) is 9.17. The summed E-state index contributed by atoms with van der Waals surface area (Å²) in [6.45, 7) is 7.95. The van der Waals surface area contributed by atoms with Gasteiger partial charge in [-0.3, -0.25) is 4.31 Å². The van der Waals surface area contributed by atoms with Crippen molar-refractivity contribution in [2.24, 2.45) is 5.92 Å². The van der Waals surface area contributed by atoms with Crippen LogP contribution in [0.15, 0.2) is 24.3 Å². The minimum absolute atomic E-state index is 0.143. The highest BCUT2D eigenvalue weighted by Crippen LogP contribution is 2.33. The van der Waals surface area contributed by atoms with Crippen molar-refractivity contribution in [2.75, 3.05) is 68.6 Å². The Morgan fingerprint density at radius 1 is 1.04 bits per heavy atom. The maximum Gasteiger partial charge on any atom is 0.304 e. The van der Waals surface area contributed by atoms with E-state index in [9.17, 15) is 8.42 Å². The third-order valence-electron chi connectivity index (χ3n) is 6.17. The van der Waals surface area contributed by atoms with Gasteiger partial charge in [0.15, 0.2) is 6.19 Å². The summed E-state index contributed by atoms with van der Waals surface area (Å²) < 4.78 is 29.7. The van der Waals surface area contributed by atoms with Crippen LogP contribution < -0.4 is 9.21 Å². The first kappa shape index (κ1) is 19.3.